The summed E-state index contributed by atoms with van der Waals surface area (Å²) in [6, 6.07) is 11.2. The molecule has 0 aliphatic heterocycles. The second-order valence-electron chi connectivity index (χ2n) is 8.84. The van der Waals surface area contributed by atoms with Gasteiger partial charge in [0.05, 0.1) is 11.1 Å². The summed E-state index contributed by atoms with van der Waals surface area (Å²) < 4.78 is 28.1. The van der Waals surface area contributed by atoms with Crippen LogP contribution in [0.3, 0.4) is 0 Å². The molecule has 3 N–H and O–H groups in total. The molecule has 0 amide bonds. The number of H-pyrrole nitrogens is 1. The minimum absolute atomic E-state index is 0.0662. The zero-order chi connectivity index (χ0) is 24.3. The van der Waals surface area contributed by atoms with Gasteiger partial charge in [-0.05, 0) is 74.3 Å². The van der Waals surface area contributed by atoms with Gasteiger partial charge in [-0.1, -0.05) is 31.4 Å². The standard InChI is InChI=1S/C25H31N5O2S2/c1-17-8-7-11-23(18(17)2)28-25(33)29-27-16-19-15-26-24-13-12-21(14-22(19)24)34(31,32)30(3)20-9-5-4-6-10-20/h7-8,11-16,20,26H,4-6,9-10H2,1-3H3,(H2,28,29,33). The van der Waals surface area contributed by atoms with Crippen molar-refractivity contribution in [3.63, 3.8) is 0 Å². The van der Waals surface area contributed by atoms with Crippen molar-refractivity contribution in [2.45, 2.75) is 56.9 Å². The van der Waals surface area contributed by atoms with Crippen molar-refractivity contribution < 1.29 is 8.42 Å². The van der Waals surface area contributed by atoms with Crippen LogP contribution in [0.15, 0.2) is 52.6 Å². The number of rotatable bonds is 6. The number of thiocarbonyl (C=S) groups is 1. The number of aromatic amines is 1. The zero-order valence-corrected chi connectivity index (χ0v) is 21.4. The van der Waals surface area contributed by atoms with E-state index in [4.69, 9.17) is 12.2 Å². The number of benzene rings is 2. The maximum atomic E-state index is 13.3. The number of hydrogen-bond donors (Lipinski definition) is 3. The molecule has 3 aromatic rings. The number of nitrogens with zero attached hydrogens (tertiary/aromatic N) is 2. The molecule has 4 rings (SSSR count). The lowest BCUT2D eigenvalue weighted by atomic mass is 9.96. The van der Waals surface area contributed by atoms with Crippen LogP contribution in [0.1, 0.15) is 48.8 Å². The van der Waals surface area contributed by atoms with Crippen molar-refractivity contribution in [3.8, 4) is 0 Å². The molecule has 1 heterocycles. The highest BCUT2D eigenvalue weighted by molar-refractivity contribution is 7.89. The average molecular weight is 498 g/mol. The first kappa shape index (κ1) is 24.4. The van der Waals surface area contributed by atoms with Crippen LogP contribution in [-0.2, 0) is 10.0 Å². The third kappa shape index (κ3) is 5.16. The van der Waals surface area contributed by atoms with Crippen LogP contribution in [0, 0.1) is 13.8 Å². The van der Waals surface area contributed by atoms with Crippen LogP contribution in [0.25, 0.3) is 10.9 Å². The van der Waals surface area contributed by atoms with Crippen LogP contribution in [0.4, 0.5) is 5.69 Å². The Hall–Kier alpha value is -2.75. The number of nitrogens with one attached hydrogen (secondary N) is 3. The number of sulfonamides is 1. The van der Waals surface area contributed by atoms with Crippen LogP contribution in [0.5, 0.6) is 0 Å². The highest BCUT2D eigenvalue weighted by Gasteiger charge is 2.29. The first-order valence-corrected chi connectivity index (χ1v) is 13.4. The van der Waals surface area contributed by atoms with Crippen LogP contribution >= 0.6 is 12.2 Å². The molecule has 0 unspecified atom stereocenters. The van der Waals surface area contributed by atoms with E-state index in [1.807, 2.05) is 32.0 Å². The van der Waals surface area contributed by atoms with Crippen molar-refractivity contribution in [1.82, 2.24) is 14.7 Å². The lowest BCUT2D eigenvalue weighted by Crippen LogP contribution is -2.38. The molecule has 0 spiro atoms. The molecule has 34 heavy (non-hydrogen) atoms. The minimum Gasteiger partial charge on any atom is -0.361 e. The molecule has 9 heteroatoms. The molecule has 2 aromatic carbocycles. The highest BCUT2D eigenvalue weighted by atomic mass is 32.2. The van der Waals surface area contributed by atoms with Gasteiger partial charge in [0.25, 0.3) is 0 Å². The number of anilines is 1. The predicted octanol–water partition coefficient (Wildman–Crippen LogP) is 5.06. The molecule has 0 radical (unpaired) electrons. The van der Waals surface area contributed by atoms with Gasteiger partial charge in [0.15, 0.2) is 5.11 Å². The van der Waals surface area contributed by atoms with E-state index in [1.54, 1.807) is 42.0 Å². The van der Waals surface area contributed by atoms with E-state index in [0.717, 1.165) is 53.4 Å². The number of hydrogen-bond acceptors (Lipinski definition) is 4. The Bertz CT molecular complexity index is 1320. The summed E-state index contributed by atoms with van der Waals surface area (Å²) in [5.41, 5.74) is 7.68. The van der Waals surface area contributed by atoms with Gasteiger partial charge >= 0.3 is 0 Å². The maximum Gasteiger partial charge on any atom is 0.243 e. The Labute approximate surface area is 206 Å². The SMILES string of the molecule is Cc1cccc(NC(=S)NN=Cc2c[nH]c3ccc(S(=O)(=O)N(C)C4CCCCC4)cc23)c1C. The molecule has 0 bridgehead atoms. The Balaban J connectivity index is 1.49. The molecule has 0 atom stereocenters. The summed E-state index contributed by atoms with van der Waals surface area (Å²) in [7, 11) is -1.88. The first-order valence-electron chi connectivity index (χ1n) is 11.5. The summed E-state index contributed by atoms with van der Waals surface area (Å²) in [6.07, 6.45) is 8.61. The largest absolute Gasteiger partial charge is 0.361 e. The van der Waals surface area contributed by atoms with Crippen LogP contribution in [-0.4, -0.2) is 42.1 Å². The monoisotopic (exact) mass is 497 g/mol. The minimum atomic E-state index is -3.57. The number of hydrazone groups is 1. The van der Waals surface area contributed by atoms with Crippen LogP contribution in [0.2, 0.25) is 0 Å². The second kappa shape index (κ2) is 10.2. The number of fused-ring (bicyclic) bond motifs is 1. The Kier molecular flexibility index (Phi) is 7.35. The van der Waals surface area contributed by atoms with Crippen molar-refractivity contribution >= 4 is 50.2 Å². The van der Waals surface area contributed by atoms with Gasteiger partial charge in [-0.3, -0.25) is 5.43 Å². The van der Waals surface area contributed by atoms with Crippen molar-refractivity contribution in [2.24, 2.45) is 5.10 Å². The Morgan fingerprint density at radius 2 is 1.94 bits per heavy atom. The van der Waals surface area contributed by atoms with Gasteiger partial charge in [0.2, 0.25) is 10.0 Å². The van der Waals surface area contributed by atoms with Crippen molar-refractivity contribution in [1.29, 1.82) is 0 Å². The maximum absolute atomic E-state index is 13.3. The molecule has 1 aliphatic rings. The van der Waals surface area contributed by atoms with E-state index in [9.17, 15) is 8.42 Å². The van der Waals surface area contributed by atoms with Gasteiger partial charge in [0, 0.05) is 41.4 Å². The van der Waals surface area contributed by atoms with Crippen molar-refractivity contribution in [2.75, 3.05) is 12.4 Å². The average Bonchev–Trinajstić information content (AvgIpc) is 3.24. The third-order valence-electron chi connectivity index (χ3n) is 6.67. The van der Waals surface area contributed by atoms with E-state index >= 15 is 0 Å². The lowest BCUT2D eigenvalue weighted by molar-refractivity contribution is 0.286. The fourth-order valence-corrected chi connectivity index (χ4v) is 6.00. The topological polar surface area (TPSA) is 89.6 Å². The van der Waals surface area contributed by atoms with Gasteiger partial charge in [-0.25, -0.2) is 8.42 Å². The van der Waals surface area contributed by atoms with E-state index in [2.05, 4.69) is 20.8 Å². The van der Waals surface area contributed by atoms with E-state index in [0.29, 0.717) is 10.0 Å². The summed E-state index contributed by atoms with van der Waals surface area (Å²) >= 11 is 5.36. The molecule has 180 valence electrons. The summed E-state index contributed by atoms with van der Waals surface area (Å²) in [6.45, 7) is 4.08. The van der Waals surface area contributed by atoms with E-state index in [-0.39, 0.29) is 6.04 Å². The smallest absolute Gasteiger partial charge is 0.243 e. The molecule has 1 aromatic heterocycles. The molecular weight excluding hydrogens is 466 g/mol. The van der Waals surface area contributed by atoms with Gasteiger partial charge < -0.3 is 10.3 Å². The zero-order valence-electron chi connectivity index (χ0n) is 19.8. The highest BCUT2D eigenvalue weighted by Crippen LogP contribution is 2.28. The van der Waals surface area contributed by atoms with Gasteiger partial charge in [0.1, 0.15) is 0 Å². The number of aryl methyl sites for hydroxylation is 1. The normalized spacial score (nSPS) is 15.3. The van der Waals surface area contributed by atoms with E-state index in [1.165, 1.54) is 12.0 Å². The first-order chi connectivity index (χ1) is 16.3. The molecule has 1 saturated carbocycles. The fourth-order valence-electron chi connectivity index (χ4n) is 4.39. The molecule has 1 aliphatic carbocycles. The third-order valence-corrected chi connectivity index (χ3v) is 8.77. The fraction of sp³-hybridized carbons (Fsp3) is 0.360. The quantitative estimate of drug-likeness (QED) is 0.252. The lowest BCUT2D eigenvalue weighted by Gasteiger charge is -2.30. The van der Waals surface area contributed by atoms with Gasteiger partial charge in [-0.2, -0.15) is 9.41 Å². The molecular formula is C25H31N5O2S2. The Morgan fingerprint density at radius 1 is 1.18 bits per heavy atom. The van der Waals surface area contributed by atoms with Gasteiger partial charge in [-0.15, -0.1) is 0 Å². The Morgan fingerprint density at radius 3 is 2.71 bits per heavy atom. The summed E-state index contributed by atoms with van der Waals surface area (Å²) in [4.78, 5) is 3.47. The second-order valence-corrected chi connectivity index (χ2v) is 11.2. The van der Waals surface area contributed by atoms with Crippen LogP contribution < -0.4 is 10.7 Å². The van der Waals surface area contributed by atoms with E-state index < -0.39 is 10.0 Å². The predicted molar refractivity (Wildman–Crippen MR) is 143 cm³/mol. The molecule has 0 saturated heterocycles. The molecule has 7 nitrogen and oxygen atoms in total. The summed E-state index contributed by atoms with van der Waals surface area (Å²) in [5, 5.41) is 8.57. The molecule has 1 fully saturated rings. The van der Waals surface area contributed by atoms with Crippen molar-refractivity contribution in [3.05, 3.63) is 59.3 Å². The summed E-state index contributed by atoms with van der Waals surface area (Å²) in [5.74, 6) is 0. The number of aromatic nitrogens is 1.